The average molecular weight is 356 g/mol. The summed E-state index contributed by atoms with van der Waals surface area (Å²) in [5, 5.41) is 14.6. The first kappa shape index (κ1) is 20.4. The first-order valence-corrected chi connectivity index (χ1v) is 10.2. The molecule has 26 heavy (non-hydrogen) atoms. The van der Waals surface area contributed by atoms with Crippen LogP contribution in [0.4, 0.5) is 0 Å². The van der Waals surface area contributed by atoms with E-state index in [9.17, 15) is 9.90 Å². The third-order valence-corrected chi connectivity index (χ3v) is 5.00. The van der Waals surface area contributed by atoms with E-state index in [1.54, 1.807) is 0 Å². The quantitative estimate of drug-likeness (QED) is 0.497. The molecule has 0 bridgehead atoms. The van der Waals surface area contributed by atoms with E-state index in [2.05, 4.69) is 12.2 Å². The highest BCUT2D eigenvalue weighted by molar-refractivity contribution is 6.07. The average Bonchev–Trinajstić information content (AvgIpc) is 2.68. The Bertz CT molecular complexity index is 663. The molecule has 0 heterocycles. The fourth-order valence-electron chi connectivity index (χ4n) is 3.42. The topological polar surface area (TPSA) is 49.3 Å². The van der Waals surface area contributed by atoms with Gasteiger partial charge in [-0.05, 0) is 23.3 Å². The van der Waals surface area contributed by atoms with E-state index in [0.717, 1.165) is 23.6 Å². The number of hydrogen-bond donors (Lipinski definition) is 2. The van der Waals surface area contributed by atoms with Gasteiger partial charge in [0.25, 0.3) is 5.91 Å². The summed E-state index contributed by atoms with van der Waals surface area (Å²) >= 11 is 0. The number of carbonyl (C=O) groups is 1. The zero-order valence-electron chi connectivity index (χ0n) is 16.0. The van der Waals surface area contributed by atoms with Crippen LogP contribution in [0.1, 0.15) is 75.1 Å². The first-order chi connectivity index (χ1) is 12.8. The minimum Gasteiger partial charge on any atom is -0.394 e. The second kappa shape index (κ2) is 11.7. The predicted molar refractivity (Wildman–Crippen MR) is 110 cm³/mol. The van der Waals surface area contributed by atoms with Crippen LogP contribution in [0.5, 0.6) is 0 Å². The van der Waals surface area contributed by atoms with Crippen LogP contribution in [0.25, 0.3) is 10.8 Å². The van der Waals surface area contributed by atoms with Gasteiger partial charge in [0.1, 0.15) is 0 Å². The van der Waals surface area contributed by atoms with Crippen LogP contribution in [0.15, 0.2) is 42.5 Å². The highest BCUT2D eigenvalue weighted by atomic mass is 16.3. The van der Waals surface area contributed by atoms with Crippen molar-refractivity contribution in [2.24, 2.45) is 0 Å². The molecule has 2 N–H and O–H groups in total. The first-order valence-electron chi connectivity index (χ1n) is 10.2. The largest absolute Gasteiger partial charge is 0.394 e. The van der Waals surface area contributed by atoms with Crippen LogP contribution in [0.3, 0.4) is 0 Å². The molecule has 0 radical (unpaired) electrons. The molecule has 2 rings (SSSR count). The van der Waals surface area contributed by atoms with E-state index in [1.807, 2.05) is 42.5 Å². The minimum atomic E-state index is -0.165. The molecule has 0 saturated carbocycles. The van der Waals surface area contributed by atoms with Crippen molar-refractivity contribution in [3.05, 3.63) is 48.0 Å². The number of aliphatic hydroxyl groups is 1. The Morgan fingerprint density at radius 2 is 1.58 bits per heavy atom. The molecule has 0 aromatic heterocycles. The number of rotatable bonds is 12. The van der Waals surface area contributed by atoms with Gasteiger partial charge in [0.15, 0.2) is 0 Å². The van der Waals surface area contributed by atoms with Crippen molar-refractivity contribution >= 4 is 16.7 Å². The van der Waals surface area contributed by atoms with Crippen LogP contribution in [-0.4, -0.2) is 23.7 Å². The molecule has 3 heteroatoms. The smallest absolute Gasteiger partial charge is 0.252 e. The summed E-state index contributed by atoms with van der Waals surface area (Å²) in [6.07, 6.45) is 10.9. The summed E-state index contributed by atoms with van der Waals surface area (Å²) < 4.78 is 0. The van der Waals surface area contributed by atoms with Gasteiger partial charge in [-0.3, -0.25) is 4.79 Å². The second-order valence-corrected chi connectivity index (χ2v) is 7.14. The van der Waals surface area contributed by atoms with Gasteiger partial charge in [-0.1, -0.05) is 94.7 Å². The maximum absolute atomic E-state index is 12.6. The monoisotopic (exact) mass is 355 g/mol. The summed E-state index contributed by atoms with van der Waals surface area (Å²) in [6, 6.07) is 13.5. The van der Waals surface area contributed by atoms with Crippen molar-refractivity contribution in [3.63, 3.8) is 0 Å². The summed E-state index contributed by atoms with van der Waals surface area (Å²) in [4.78, 5) is 12.6. The van der Waals surface area contributed by atoms with Crippen LogP contribution in [0, 0.1) is 0 Å². The lowest BCUT2D eigenvalue weighted by atomic mass is 10.0. The van der Waals surface area contributed by atoms with Gasteiger partial charge in [0.05, 0.1) is 12.6 Å². The van der Waals surface area contributed by atoms with Crippen molar-refractivity contribution in [1.82, 2.24) is 5.32 Å². The van der Waals surface area contributed by atoms with Crippen molar-refractivity contribution in [2.45, 2.75) is 70.8 Å². The van der Waals surface area contributed by atoms with Gasteiger partial charge in [0, 0.05) is 5.56 Å². The Hall–Kier alpha value is -1.87. The number of nitrogens with one attached hydrogen (secondary N) is 1. The number of amides is 1. The number of unbranched alkanes of at least 4 members (excludes halogenated alkanes) is 7. The molecule has 142 valence electrons. The number of carbonyl (C=O) groups excluding carboxylic acids is 1. The Labute approximate surface area is 157 Å². The molecule has 0 aliphatic heterocycles. The Morgan fingerprint density at radius 1 is 0.923 bits per heavy atom. The molecule has 1 amide bonds. The van der Waals surface area contributed by atoms with Crippen LogP contribution >= 0.6 is 0 Å². The lowest BCUT2D eigenvalue weighted by Gasteiger charge is -2.17. The van der Waals surface area contributed by atoms with Crippen molar-refractivity contribution in [1.29, 1.82) is 0 Å². The zero-order chi connectivity index (χ0) is 18.6. The van der Waals surface area contributed by atoms with E-state index in [4.69, 9.17) is 0 Å². The molecule has 1 atom stereocenters. The molecule has 0 saturated heterocycles. The summed E-state index contributed by atoms with van der Waals surface area (Å²) in [5.41, 5.74) is 0.678. The maximum Gasteiger partial charge on any atom is 0.252 e. The minimum absolute atomic E-state index is 0.00694. The van der Waals surface area contributed by atoms with Gasteiger partial charge in [-0.2, -0.15) is 0 Å². The van der Waals surface area contributed by atoms with Gasteiger partial charge in [-0.25, -0.2) is 0 Å². The Balaban J connectivity index is 1.77. The van der Waals surface area contributed by atoms with Crippen LogP contribution in [-0.2, 0) is 0 Å². The van der Waals surface area contributed by atoms with Gasteiger partial charge in [-0.15, -0.1) is 0 Å². The van der Waals surface area contributed by atoms with E-state index in [1.165, 1.54) is 44.9 Å². The third kappa shape index (κ3) is 6.45. The molecular formula is C23H33NO2. The third-order valence-electron chi connectivity index (χ3n) is 5.00. The molecule has 2 aromatic carbocycles. The molecular weight excluding hydrogens is 322 g/mol. The van der Waals surface area contributed by atoms with E-state index in [0.29, 0.717) is 5.56 Å². The Kier molecular flexibility index (Phi) is 9.19. The number of benzene rings is 2. The van der Waals surface area contributed by atoms with Crippen molar-refractivity contribution in [3.8, 4) is 0 Å². The highest BCUT2D eigenvalue weighted by Gasteiger charge is 2.14. The number of aliphatic hydroxyl groups excluding tert-OH is 1. The van der Waals surface area contributed by atoms with Gasteiger partial charge < -0.3 is 10.4 Å². The number of hydrogen-bond acceptors (Lipinski definition) is 2. The van der Waals surface area contributed by atoms with E-state index in [-0.39, 0.29) is 18.6 Å². The molecule has 1 unspecified atom stereocenters. The molecule has 0 spiro atoms. The van der Waals surface area contributed by atoms with Crippen LogP contribution in [0.2, 0.25) is 0 Å². The maximum atomic E-state index is 12.6. The lowest BCUT2D eigenvalue weighted by Crippen LogP contribution is -2.37. The second-order valence-electron chi connectivity index (χ2n) is 7.14. The van der Waals surface area contributed by atoms with Gasteiger partial charge >= 0.3 is 0 Å². The molecule has 0 fully saturated rings. The standard InChI is InChI=1S/C23H33NO2/c1-2-3-4-5-6-7-8-9-15-20(18-25)24-23(26)22-17-12-14-19-13-10-11-16-21(19)22/h10-14,16-17,20,25H,2-9,15,18H2,1H3,(H,24,26). The van der Waals surface area contributed by atoms with E-state index < -0.39 is 0 Å². The molecule has 0 aliphatic rings. The Morgan fingerprint density at radius 3 is 2.31 bits per heavy atom. The zero-order valence-corrected chi connectivity index (χ0v) is 16.0. The molecule has 2 aromatic rings. The fourth-order valence-corrected chi connectivity index (χ4v) is 3.42. The lowest BCUT2D eigenvalue weighted by molar-refractivity contribution is 0.0914. The SMILES string of the molecule is CCCCCCCCCCC(CO)NC(=O)c1cccc2ccccc12. The normalized spacial score (nSPS) is 12.2. The van der Waals surface area contributed by atoms with Crippen molar-refractivity contribution < 1.29 is 9.90 Å². The summed E-state index contributed by atoms with van der Waals surface area (Å²) in [5.74, 6) is -0.0968. The molecule has 3 nitrogen and oxygen atoms in total. The summed E-state index contributed by atoms with van der Waals surface area (Å²) in [6.45, 7) is 2.23. The predicted octanol–water partition coefficient (Wildman–Crippen LogP) is 5.46. The fraction of sp³-hybridized carbons (Fsp3) is 0.522. The van der Waals surface area contributed by atoms with Gasteiger partial charge in [0.2, 0.25) is 0 Å². The van der Waals surface area contributed by atoms with Crippen LogP contribution < -0.4 is 5.32 Å². The highest BCUT2D eigenvalue weighted by Crippen LogP contribution is 2.19. The summed E-state index contributed by atoms with van der Waals surface area (Å²) in [7, 11) is 0. The molecule has 0 aliphatic carbocycles. The number of fused-ring (bicyclic) bond motifs is 1. The van der Waals surface area contributed by atoms with E-state index >= 15 is 0 Å². The van der Waals surface area contributed by atoms with Crippen molar-refractivity contribution in [2.75, 3.05) is 6.61 Å².